The van der Waals surface area contributed by atoms with E-state index in [1.165, 1.54) is 0 Å². The molecule has 0 fully saturated rings. The van der Waals surface area contributed by atoms with Crippen LogP contribution in [-0.2, 0) is 26.7 Å². The van der Waals surface area contributed by atoms with Gasteiger partial charge in [0.2, 0.25) is 0 Å². The summed E-state index contributed by atoms with van der Waals surface area (Å²) in [5.74, 6) is 0.849. The molecule has 0 saturated carbocycles. The molecule has 160 valence electrons. The number of aryl methyl sites for hydroxylation is 3. The summed E-state index contributed by atoms with van der Waals surface area (Å²) in [5, 5.41) is 4.22. The normalized spacial score (nSPS) is 11.3. The predicted molar refractivity (Wildman–Crippen MR) is 118 cm³/mol. The largest absolute Gasteiger partial charge is 0.487 e. The van der Waals surface area contributed by atoms with Crippen molar-refractivity contribution < 1.29 is 9.15 Å². The van der Waals surface area contributed by atoms with E-state index in [0.717, 1.165) is 58.3 Å². The number of hydrogen-bond donors (Lipinski definition) is 0. The van der Waals surface area contributed by atoms with Gasteiger partial charge in [0.15, 0.2) is 0 Å². The maximum absolute atomic E-state index is 6.20. The molecule has 7 nitrogen and oxygen atoms in total. The van der Waals surface area contributed by atoms with Gasteiger partial charge in [0.25, 0.3) is 0 Å². The number of aromatic nitrogens is 4. The lowest BCUT2D eigenvalue weighted by atomic mass is 10.0. The Bertz CT molecular complexity index is 1150. The van der Waals surface area contributed by atoms with Crippen molar-refractivity contribution in [2.24, 2.45) is 7.05 Å². The van der Waals surface area contributed by atoms with Crippen LogP contribution in [0.1, 0.15) is 28.2 Å². The molecule has 0 unspecified atom stereocenters. The molecule has 0 aliphatic carbocycles. The molecule has 0 amide bonds. The summed E-state index contributed by atoms with van der Waals surface area (Å²) in [6.07, 6.45) is 7.05. The first-order chi connectivity index (χ1) is 15.0. The van der Waals surface area contributed by atoms with Crippen LogP contribution in [-0.4, -0.2) is 31.7 Å². The molecule has 4 aromatic rings. The number of hydrogen-bond acceptors (Lipinski definition) is 6. The Hall–Kier alpha value is -3.45. The Morgan fingerprint density at radius 1 is 1.13 bits per heavy atom. The van der Waals surface area contributed by atoms with E-state index in [1.54, 1.807) is 24.9 Å². The monoisotopic (exact) mass is 417 g/mol. The molecule has 3 heterocycles. The summed E-state index contributed by atoms with van der Waals surface area (Å²) in [7, 11) is 4.00. The lowest BCUT2D eigenvalue weighted by Gasteiger charge is -2.20. The Kier molecular flexibility index (Phi) is 6.13. The first-order valence-electron chi connectivity index (χ1n) is 10.2. The second kappa shape index (κ2) is 9.14. The van der Waals surface area contributed by atoms with Gasteiger partial charge in [0, 0.05) is 49.2 Å². The molecule has 0 aliphatic heterocycles. The maximum Gasteiger partial charge on any atom is 0.130 e. The molecule has 0 bridgehead atoms. The van der Waals surface area contributed by atoms with Gasteiger partial charge in [0.1, 0.15) is 12.4 Å². The quantitative estimate of drug-likeness (QED) is 0.426. The molecule has 0 saturated heterocycles. The molecular formula is C24H27N5O2. The molecule has 7 heteroatoms. The van der Waals surface area contributed by atoms with Gasteiger partial charge < -0.3 is 9.15 Å². The minimum Gasteiger partial charge on any atom is -0.487 e. The van der Waals surface area contributed by atoms with Crippen molar-refractivity contribution in [2.45, 2.75) is 33.5 Å². The highest BCUT2D eigenvalue weighted by Gasteiger charge is 2.13. The average molecular weight is 418 g/mol. The molecule has 31 heavy (non-hydrogen) atoms. The summed E-state index contributed by atoms with van der Waals surface area (Å²) >= 11 is 0. The van der Waals surface area contributed by atoms with E-state index < -0.39 is 0 Å². The van der Waals surface area contributed by atoms with Crippen molar-refractivity contribution in [3.63, 3.8) is 0 Å². The van der Waals surface area contributed by atoms with Crippen LogP contribution in [0.15, 0.2) is 59.7 Å². The topological polar surface area (TPSA) is 69.2 Å². The Balaban J connectivity index is 1.62. The fourth-order valence-corrected chi connectivity index (χ4v) is 3.54. The Morgan fingerprint density at radius 3 is 2.74 bits per heavy atom. The van der Waals surface area contributed by atoms with E-state index in [9.17, 15) is 0 Å². The summed E-state index contributed by atoms with van der Waals surface area (Å²) in [6, 6.07) is 10.2. The van der Waals surface area contributed by atoms with Gasteiger partial charge >= 0.3 is 0 Å². The first kappa shape index (κ1) is 20.8. The Labute approximate surface area is 182 Å². The SMILES string of the molecule is Cc1cnc(C)c(-c2ccc(OCc3ccnn3C)c(CN(C)Cc3ccoc3)c2)n1. The smallest absolute Gasteiger partial charge is 0.130 e. The van der Waals surface area contributed by atoms with Crippen LogP contribution in [0, 0.1) is 13.8 Å². The lowest BCUT2D eigenvalue weighted by molar-refractivity contribution is 0.275. The molecule has 0 aliphatic rings. The molecule has 3 aromatic heterocycles. The zero-order valence-electron chi connectivity index (χ0n) is 18.4. The van der Waals surface area contributed by atoms with E-state index in [-0.39, 0.29) is 0 Å². The number of rotatable bonds is 8. The van der Waals surface area contributed by atoms with Crippen LogP contribution < -0.4 is 4.74 Å². The third-order valence-corrected chi connectivity index (χ3v) is 5.18. The van der Waals surface area contributed by atoms with E-state index in [2.05, 4.69) is 34.2 Å². The molecular weight excluding hydrogens is 390 g/mol. The van der Waals surface area contributed by atoms with Gasteiger partial charge in [-0.15, -0.1) is 0 Å². The van der Waals surface area contributed by atoms with Crippen molar-refractivity contribution in [3.05, 3.63) is 83.5 Å². The number of benzene rings is 1. The highest BCUT2D eigenvalue weighted by atomic mass is 16.5. The van der Waals surface area contributed by atoms with Crippen molar-refractivity contribution in [3.8, 4) is 17.0 Å². The average Bonchev–Trinajstić information content (AvgIpc) is 3.40. The van der Waals surface area contributed by atoms with Crippen LogP contribution in [0.4, 0.5) is 0 Å². The molecule has 0 N–H and O–H groups in total. The number of furan rings is 1. The third-order valence-electron chi connectivity index (χ3n) is 5.18. The predicted octanol–water partition coefficient (Wildman–Crippen LogP) is 4.30. The zero-order chi connectivity index (χ0) is 21.8. The summed E-state index contributed by atoms with van der Waals surface area (Å²) < 4.78 is 13.2. The lowest BCUT2D eigenvalue weighted by Crippen LogP contribution is -2.17. The van der Waals surface area contributed by atoms with Gasteiger partial charge in [-0.2, -0.15) is 5.10 Å². The van der Waals surface area contributed by atoms with Crippen molar-refractivity contribution in [1.82, 2.24) is 24.6 Å². The first-order valence-corrected chi connectivity index (χ1v) is 10.2. The highest BCUT2D eigenvalue weighted by Crippen LogP contribution is 2.29. The fraction of sp³-hybridized carbons (Fsp3) is 0.292. The van der Waals surface area contributed by atoms with Crippen molar-refractivity contribution in [2.75, 3.05) is 7.05 Å². The maximum atomic E-state index is 6.20. The van der Waals surface area contributed by atoms with Crippen LogP contribution in [0.5, 0.6) is 5.75 Å². The standard InChI is InChI=1S/C24H27N5O2/c1-17-12-25-18(2)24(27-17)20-5-6-23(31-16-22-7-9-26-29(22)4)21(11-20)14-28(3)13-19-8-10-30-15-19/h5-12,15H,13-14,16H2,1-4H3. The van der Waals surface area contributed by atoms with Gasteiger partial charge in [-0.25, -0.2) is 4.98 Å². The van der Waals surface area contributed by atoms with Crippen molar-refractivity contribution >= 4 is 0 Å². The van der Waals surface area contributed by atoms with E-state index in [0.29, 0.717) is 6.61 Å². The van der Waals surface area contributed by atoms with Gasteiger partial charge in [0.05, 0.1) is 35.3 Å². The van der Waals surface area contributed by atoms with Crippen LogP contribution in [0.3, 0.4) is 0 Å². The molecule has 1 aromatic carbocycles. The highest BCUT2D eigenvalue weighted by molar-refractivity contribution is 5.64. The molecule has 0 atom stereocenters. The van der Waals surface area contributed by atoms with Crippen molar-refractivity contribution in [1.29, 1.82) is 0 Å². The Morgan fingerprint density at radius 2 is 2.00 bits per heavy atom. The summed E-state index contributed by atoms with van der Waals surface area (Å²) in [6.45, 7) is 5.90. The van der Waals surface area contributed by atoms with Crippen LogP contribution >= 0.6 is 0 Å². The van der Waals surface area contributed by atoms with Crippen LogP contribution in [0.25, 0.3) is 11.3 Å². The van der Waals surface area contributed by atoms with Gasteiger partial charge in [-0.1, -0.05) is 0 Å². The molecule has 0 spiro atoms. The molecule has 4 rings (SSSR count). The van der Waals surface area contributed by atoms with Gasteiger partial charge in [-0.05, 0) is 51.2 Å². The van der Waals surface area contributed by atoms with Crippen LogP contribution in [0.2, 0.25) is 0 Å². The van der Waals surface area contributed by atoms with Gasteiger partial charge in [-0.3, -0.25) is 14.6 Å². The van der Waals surface area contributed by atoms with E-state index in [4.69, 9.17) is 14.1 Å². The third kappa shape index (κ3) is 5.00. The molecule has 0 radical (unpaired) electrons. The number of nitrogens with zero attached hydrogens (tertiary/aromatic N) is 5. The summed E-state index contributed by atoms with van der Waals surface area (Å²) in [5.41, 5.74) is 6.99. The minimum atomic E-state index is 0.456. The second-order valence-electron chi connectivity index (χ2n) is 7.81. The fourth-order valence-electron chi connectivity index (χ4n) is 3.54. The minimum absolute atomic E-state index is 0.456. The second-order valence-corrected chi connectivity index (χ2v) is 7.81. The van der Waals surface area contributed by atoms with E-state index >= 15 is 0 Å². The summed E-state index contributed by atoms with van der Waals surface area (Å²) in [4.78, 5) is 11.4. The number of ether oxygens (including phenoxy) is 1. The van der Waals surface area contributed by atoms with E-state index in [1.807, 2.05) is 43.8 Å². The zero-order valence-corrected chi connectivity index (χ0v) is 18.4.